The smallest absolute Gasteiger partial charge is 0.259 e. The summed E-state index contributed by atoms with van der Waals surface area (Å²) < 4.78 is 37.4. The molecule has 4 amide bonds. The number of hydrogen-bond donors (Lipinski definition) is 4. The maximum absolute atomic E-state index is 13.4. The molecule has 1 aromatic heterocycles. The van der Waals surface area contributed by atoms with Crippen LogP contribution in [0.15, 0.2) is 72.9 Å². The van der Waals surface area contributed by atoms with Gasteiger partial charge in [-0.25, -0.2) is 18.4 Å². The van der Waals surface area contributed by atoms with Crippen molar-refractivity contribution in [3.63, 3.8) is 0 Å². The second kappa shape index (κ2) is 21.0. The molecule has 0 radical (unpaired) electrons. The normalized spacial score (nSPS) is 19.1. The lowest BCUT2D eigenvalue weighted by Crippen LogP contribution is -2.49. The van der Waals surface area contributed by atoms with Gasteiger partial charge in [-0.05, 0) is 116 Å². The van der Waals surface area contributed by atoms with E-state index in [9.17, 15) is 27.6 Å². The first-order valence-corrected chi connectivity index (χ1v) is 25.4. The minimum Gasteiger partial charge on any atom is -0.494 e. The molecule has 0 spiro atoms. The van der Waals surface area contributed by atoms with E-state index < -0.39 is 33.7 Å². The third-order valence-corrected chi connectivity index (χ3v) is 14.2. The Morgan fingerprint density at radius 1 is 0.791 bits per heavy atom. The van der Waals surface area contributed by atoms with E-state index in [2.05, 4.69) is 78.6 Å². The van der Waals surface area contributed by atoms with Crippen LogP contribution in [0.5, 0.6) is 11.5 Å². The summed E-state index contributed by atoms with van der Waals surface area (Å²) in [5, 5.41) is 8.41. The predicted molar refractivity (Wildman–Crippen MR) is 254 cm³/mol. The number of ether oxygens (including phenoxy) is 2. The molecule has 0 bridgehead atoms. The number of anilines is 1. The van der Waals surface area contributed by atoms with Gasteiger partial charge in [0.2, 0.25) is 27.8 Å². The predicted octanol–water partition coefficient (Wildman–Crippen LogP) is 5.45. The number of nitrogens with one attached hydrogen (secondary N) is 4. The van der Waals surface area contributed by atoms with E-state index in [1.165, 1.54) is 6.20 Å². The fraction of sp³-hybridized carbons (Fsp3) is 0.480. The highest BCUT2D eigenvalue weighted by Crippen LogP contribution is 2.44. The lowest BCUT2D eigenvalue weighted by Gasteiger charge is -2.44. The third kappa shape index (κ3) is 11.7. The van der Waals surface area contributed by atoms with E-state index in [0.29, 0.717) is 47.1 Å². The maximum Gasteiger partial charge on any atom is 0.259 e. The van der Waals surface area contributed by atoms with Gasteiger partial charge in [0, 0.05) is 50.3 Å². The Balaban J connectivity index is 0.781. The summed E-state index contributed by atoms with van der Waals surface area (Å²) in [6, 6.07) is 21.7. The number of hydrogen-bond acceptors (Lipinski definition) is 13. The number of unbranched alkanes of at least 4 members (excludes halogenated alkanes) is 3. The van der Waals surface area contributed by atoms with Crippen LogP contribution in [-0.4, -0.2) is 110 Å². The number of amides is 4. The van der Waals surface area contributed by atoms with Crippen LogP contribution < -0.4 is 30.1 Å². The zero-order valence-electron chi connectivity index (χ0n) is 38.6. The maximum atomic E-state index is 13.4. The van der Waals surface area contributed by atoms with Crippen molar-refractivity contribution in [3.8, 4) is 11.5 Å². The summed E-state index contributed by atoms with van der Waals surface area (Å²) in [5.41, 5.74) is 4.75. The number of nitrogens with zero attached hydrogens (tertiary/aromatic N) is 4. The molecular weight excluding hydrogens is 873 g/mol. The lowest BCUT2D eigenvalue weighted by atomic mass is 9.76. The summed E-state index contributed by atoms with van der Waals surface area (Å²) >= 11 is 0. The van der Waals surface area contributed by atoms with Crippen molar-refractivity contribution in [2.45, 2.75) is 89.2 Å². The molecule has 2 unspecified atom stereocenters. The number of rotatable bonds is 19. The number of carbonyl (C=O) groups excluding carboxylic acids is 4. The number of imide groups is 2. The molecule has 4 aliphatic rings. The lowest BCUT2D eigenvalue weighted by molar-refractivity contribution is -0.134. The van der Waals surface area contributed by atoms with Crippen molar-refractivity contribution in [2.75, 3.05) is 63.4 Å². The molecule has 5 heterocycles. The Hall–Kier alpha value is -5.75. The summed E-state index contributed by atoms with van der Waals surface area (Å²) in [6.45, 7) is 11.6. The molecule has 17 heteroatoms. The summed E-state index contributed by atoms with van der Waals surface area (Å²) in [6.07, 6.45) is 9.32. The van der Waals surface area contributed by atoms with Crippen LogP contribution in [0.2, 0.25) is 0 Å². The SMILES string of the molecule is CC(C)(c1ccc(OCCCCCCN2CCC(C(c3ccc4c(c3C3CCC(=O)NC3=O)C(=O)NC4=O)N3CCNCC3)CC2)cc1)c1ccc(OCc2ccnc(NS(C)(=O)=O)n2)cc1. The molecule has 3 saturated heterocycles. The van der Waals surface area contributed by atoms with Crippen LogP contribution in [0.25, 0.3) is 0 Å². The van der Waals surface area contributed by atoms with E-state index in [-0.39, 0.29) is 36.3 Å². The van der Waals surface area contributed by atoms with Crippen LogP contribution in [0.1, 0.15) is 126 Å². The minimum absolute atomic E-state index is 0.00560. The summed E-state index contributed by atoms with van der Waals surface area (Å²) in [4.78, 5) is 64.8. The van der Waals surface area contributed by atoms with Gasteiger partial charge in [-0.15, -0.1) is 0 Å². The van der Waals surface area contributed by atoms with Crippen LogP contribution in [0.3, 0.4) is 0 Å². The molecule has 3 aromatic carbocycles. The van der Waals surface area contributed by atoms with Crippen molar-refractivity contribution in [1.82, 2.24) is 35.7 Å². The number of benzene rings is 3. The summed E-state index contributed by atoms with van der Waals surface area (Å²) in [7, 11) is -3.48. The van der Waals surface area contributed by atoms with Gasteiger partial charge in [-0.3, -0.25) is 39.4 Å². The Morgan fingerprint density at radius 2 is 1.46 bits per heavy atom. The van der Waals surface area contributed by atoms with Crippen LogP contribution in [0.4, 0.5) is 5.95 Å². The first-order valence-electron chi connectivity index (χ1n) is 23.5. The minimum atomic E-state index is -3.48. The molecule has 67 heavy (non-hydrogen) atoms. The van der Waals surface area contributed by atoms with Gasteiger partial charge in [0.05, 0.1) is 35.6 Å². The topological polar surface area (TPSA) is 201 Å². The van der Waals surface area contributed by atoms with Gasteiger partial charge in [0.1, 0.15) is 18.1 Å². The second-order valence-electron chi connectivity index (χ2n) is 18.7. The van der Waals surface area contributed by atoms with Gasteiger partial charge in [0.15, 0.2) is 0 Å². The highest BCUT2D eigenvalue weighted by Gasteiger charge is 2.42. The van der Waals surface area contributed by atoms with E-state index in [1.54, 1.807) is 12.1 Å². The molecule has 8 rings (SSSR count). The van der Waals surface area contributed by atoms with Crippen LogP contribution >= 0.6 is 0 Å². The van der Waals surface area contributed by atoms with Gasteiger partial charge in [0.25, 0.3) is 11.8 Å². The molecule has 4 aromatic rings. The molecule has 3 fully saturated rings. The highest BCUT2D eigenvalue weighted by molar-refractivity contribution is 7.92. The quantitative estimate of drug-likeness (QED) is 0.0684. The zero-order chi connectivity index (χ0) is 47.1. The molecule has 4 aliphatic heterocycles. The average molecular weight is 935 g/mol. The average Bonchev–Trinajstić information content (AvgIpc) is 3.61. The number of sulfonamides is 1. The van der Waals surface area contributed by atoms with E-state index in [4.69, 9.17) is 9.47 Å². The van der Waals surface area contributed by atoms with Crippen LogP contribution in [-0.2, 0) is 31.6 Å². The second-order valence-corrected chi connectivity index (χ2v) is 20.4. The Labute approximate surface area is 393 Å². The number of piperazine rings is 1. The summed E-state index contributed by atoms with van der Waals surface area (Å²) in [5.74, 6) is -0.460. The molecule has 4 N–H and O–H groups in total. The Kier molecular flexibility index (Phi) is 15.0. The van der Waals surface area contributed by atoms with Gasteiger partial charge >= 0.3 is 0 Å². The molecular formula is C50H62N8O8S. The zero-order valence-corrected chi connectivity index (χ0v) is 39.5. The van der Waals surface area contributed by atoms with Crippen molar-refractivity contribution in [3.05, 3.63) is 112 Å². The molecule has 2 atom stereocenters. The number of piperidine rings is 2. The van der Waals surface area contributed by atoms with Crippen molar-refractivity contribution >= 4 is 39.6 Å². The van der Waals surface area contributed by atoms with Gasteiger partial charge in [-0.1, -0.05) is 57.0 Å². The van der Waals surface area contributed by atoms with Crippen molar-refractivity contribution < 1.29 is 37.1 Å². The van der Waals surface area contributed by atoms with E-state index in [1.807, 2.05) is 30.3 Å². The fourth-order valence-electron chi connectivity index (χ4n) is 10.0. The van der Waals surface area contributed by atoms with Crippen LogP contribution in [0, 0.1) is 5.92 Å². The number of aromatic nitrogens is 2. The first-order chi connectivity index (χ1) is 32.2. The van der Waals surface area contributed by atoms with Crippen molar-refractivity contribution in [1.29, 1.82) is 0 Å². The third-order valence-electron chi connectivity index (χ3n) is 13.7. The molecule has 356 valence electrons. The van der Waals surface area contributed by atoms with E-state index in [0.717, 1.165) is 113 Å². The van der Waals surface area contributed by atoms with Crippen molar-refractivity contribution in [2.24, 2.45) is 5.92 Å². The standard InChI is InChI=1S/C50H62N8O8S/c1-50(2,35-10-14-38(15-11-35)66-32-36-20-23-52-49(53-36)56-67(3,63)64)34-8-12-37(13-9-34)65-31-7-5-4-6-26-57-27-21-33(22-28-57)45(58-29-24-51-25-30-58)39-16-17-41-44(48(62)55-47(41)61)43(39)40-18-19-42(59)54-46(40)60/h8-17,20,23,33,40,45,51H,4-7,18-19,21-22,24-32H2,1-3H3,(H,52,53,56)(H,54,59,60)(H,55,61,62). The van der Waals surface area contributed by atoms with E-state index >= 15 is 0 Å². The monoisotopic (exact) mass is 934 g/mol. The molecule has 0 aliphatic carbocycles. The number of fused-ring (bicyclic) bond motifs is 1. The van der Waals surface area contributed by atoms with Gasteiger partial charge in [-0.2, -0.15) is 0 Å². The largest absolute Gasteiger partial charge is 0.494 e. The first kappa shape index (κ1) is 47.7. The fourth-order valence-corrected chi connectivity index (χ4v) is 10.5. The van der Waals surface area contributed by atoms with Gasteiger partial charge < -0.3 is 19.7 Å². The molecule has 0 saturated carbocycles. The Bertz CT molecular complexity index is 2540. The number of likely N-dealkylation sites (tertiary alicyclic amines) is 1. The Morgan fingerprint density at radius 3 is 2.13 bits per heavy atom. The molecule has 16 nitrogen and oxygen atoms in total. The number of carbonyl (C=O) groups is 4. The highest BCUT2D eigenvalue weighted by atomic mass is 32.2.